The smallest absolute Gasteiger partial charge is 0.170 e. The highest BCUT2D eigenvalue weighted by Crippen LogP contribution is 2.23. The number of rotatable bonds is 4. The molecule has 0 bridgehead atoms. The van der Waals surface area contributed by atoms with Gasteiger partial charge in [0, 0.05) is 6.04 Å². The lowest BCUT2D eigenvalue weighted by Gasteiger charge is -2.30. The van der Waals surface area contributed by atoms with Crippen LogP contribution in [0, 0.1) is 11.3 Å². The van der Waals surface area contributed by atoms with E-state index in [1.165, 1.54) is 32.1 Å². The lowest BCUT2D eigenvalue weighted by atomic mass is 9.94. The molecule has 7 heteroatoms. The first-order chi connectivity index (χ1) is 11.2. The molecule has 23 heavy (non-hydrogen) atoms. The topological polar surface area (TPSA) is 70.6 Å². The number of nitrogens with zero attached hydrogens (tertiary/aromatic N) is 6. The van der Waals surface area contributed by atoms with Gasteiger partial charge in [-0.3, -0.25) is 4.90 Å². The number of hydrogen-bond acceptors (Lipinski definition) is 5. The number of hydrogen-bond donors (Lipinski definition) is 0. The predicted octanol–water partition coefficient (Wildman–Crippen LogP) is 2.95. The van der Waals surface area contributed by atoms with Crippen LogP contribution in [0.4, 0.5) is 0 Å². The Morgan fingerprint density at radius 3 is 2.87 bits per heavy atom. The zero-order valence-corrected chi connectivity index (χ0v) is 13.9. The lowest BCUT2D eigenvalue weighted by Crippen LogP contribution is -2.33. The molecule has 3 rings (SSSR count). The molecule has 1 aromatic carbocycles. The Balaban J connectivity index is 1.81. The monoisotopic (exact) mass is 330 g/mol. The van der Waals surface area contributed by atoms with E-state index in [9.17, 15) is 0 Å². The van der Waals surface area contributed by atoms with Crippen LogP contribution >= 0.6 is 11.6 Å². The van der Waals surface area contributed by atoms with Crippen molar-refractivity contribution in [2.24, 2.45) is 0 Å². The van der Waals surface area contributed by atoms with Gasteiger partial charge < -0.3 is 0 Å². The highest BCUT2D eigenvalue weighted by atomic mass is 35.5. The van der Waals surface area contributed by atoms with Gasteiger partial charge in [0.15, 0.2) is 5.82 Å². The van der Waals surface area contributed by atoms with Crippen LogP contribution in [0.15, 0.2) is 18.2 Å². The van der Waals surface area contributed by atoms with E-state index in [1.807, 2.05) is 6.07 Å². The Morgan fingerprint density at radius 2 is 2.13 bits per heavy atom. The van der Waals surface area contributed by atoms with Gasteiger partial charge in [0.1, 0.15) is 6.07 Å². The molecule has 1 aliphatic carbocycles. The minimum Gasteiger partial charge on any atom is -0.296 e. The van der Waals surface area contributed by atoms with Crippen molar-refractivity contribution < 1.29 is 0 Å². The molecule has 6 nitrogen and oxygen atoms in total. The van der Waals surface area contributed by atoms with Gasteiger partial charge in [-0.25, -0.2) is 0 Å². The number of tetrazole rings is 1. The molecule has 0 atom stereocenters. The number of halogens is 1. The molecule has 0 amide bonds. The van der Waals surface area contributed by atoms with Crippen molar-refractivity contribution in [2.45, 2.75) is 44.7 Å². The molecule has 2 aromatic rings. The molecule has 1 fully saturated rings. The quantitative estimate of drug-likeness (QED) is 0.862. The second-order valence-electron chi connectivity index (χ2n) is 5.99. The van der Waals surface area contributed by atoms with Crippen molar-refractivity contribution >= 4 is 11.6 Å². The van der Waals surface area contributed by atoms with Gasteiger partial charge in [-0.15, -0.1) is 5.10 Å². The molecule has 0 aliphatic heterocycles. The Bertz CT molecular complexity index is 714. The van der Waals surface area contributed by atoms with E-state index >= 15 is 0 Å². The van der Waals surface area contributed by atoms with Crippen LogP contribution in [0.25, 0.3) is 5.69 Å². The van der Waals surface area contributed by atoms with E-state index in [0.717, 1.165) is 11.5 Å². The number of nitriles is 1. The highest BCUT2D eigenvalue weighted by molar-refractivity contribution is 6.31. The maximum absolute atomic E-state index is 9.12. The lowest BCUT2D eigenvalue weighted by molar-refractivity contribution is 0.179. The third kappa shape index (κ3) is 3.52. The van der Waals surface area contributed by atoms with Crippen LogP contribution < -0.4 is 0 Å². The highest BCUT2D eigenvalue weighted by Gasteiger charge is 2.20. The summed E-state index contributed by atoms with van der Waals surface area (Å²) in [6, 6.07) is 7.91. The first-order valence-corrected chi connectivity index (χ1v) is 8.24. The van der Waals surface area contributed by atoms with Crippen molar-refractivity contribution in [1.82, 2.24) is 25.1 Å². The van der Waals surface area contributed by atoms with Crippen molar-refractivity contribution in [3.05, 3.63) is 34.6 Å². The Labute approximate surface area is 140 Å². The standard InChI is InChI=1S/C16H19ClN6/c1-22(13-5-3-2-4-6-13)11-16-19-20-21-23(16)14-7-8-15(17)12(9-14)10-18/h7-9,13H,2-6,11H2,1H3. The molecule has 120 valence electrons. The average molecular weight is 331 g/mol. The SMILES string of the molecule is CN(Cc1nnnn1-c1ccc(Cl)c(C#N)c1)C1CCCCC1. The molecule has 0 saturated heterocycles. The summed E-state index contributed by atoms with van der Waals surface area (Å²) in [6.07, 6.45) is 6.39. The molecule has 0 N–H and O–H groups in total. The van der Waals surface area contributed by atoms with Gasteiger partial charge in [0.05, 0.1) is 22.8 Å². The molecule has 1 aromatic heterocycles. The summed E-state index contributed by atoms with van der Waals surface area (Å²) in [5, 5.41) is 21.6. The molecular formula is C16H19ClN6. The Morgan fingerprint density at radius 1 is 1.35 bits per heavy atom. The Kier molecular flexibility index (Phi) is 4.89. The van der Waals surface area contributed by atoms with Gasteiger partial charge in [-0.1, -0.05) is 30.9 Å². The van der Waals surface area contributed by atoms with Crippen molar-refractivity contribution in [3.8, 4) is 11.8 Å². The molecule has 1 saturated carbocycles. The van der Waals surface area contributed by atoms with Crippen LogP contribution in [0.2, 0.25) is 5.02 Å². The van der Waals surface area contributed by atoms with Crippen molar-refractivity contribution in [1.29, 1.82) is 5.26 Å². The average Bonchev–Trinajstić information content (AvgIpc) is 3.04. The third-order valence-electron chi connectivity index (χ3n) is 4.44. The van der Waals surface area contributed by atoms with Crippen molar-refractivity contribution in [2.75, 3.05) is 7.05 Å². The first kappa shape index (κ1) is 15.9. The Hall–Kier alpha value is -1.97. The molecule has 0 spiro atoms. The molecule has 1 aliphatic rings. The number of aromatic nitrogens is 4. The van der Waals surface area contributed by atoms with E-state index in [0.29, 0.717) is 23.2 Å². The zero-order chi connectivity index (χ0) is 16.2. The summed E-state index contributed by atoms with van der Waals surface area (Å²) >= 11 is 5.99. The van der Waals surface area contributed by atoms with Gasteiger partial charge in [0.2, 0.25) is 0 Å². The maximum Gasteiger partial charge on any atom is 0.170 e. The van der Waals surface area contributed by atoms with E-state index in [1.54, 1.807) is 16.8 Å². The van der Waals surface area contributed by atoms with E-state index in [4.69, 9.17) is 16.9 Å². The summed E-state index contributed by atoms with van der Waals surface area (Å²) in [7, 11) is 2.12. The summed E-state index contributed by atoms with van der Waals surface area (Å²) < 4.78 is 1.68. The van der Waals surface area contributed by atoms with Crippen molar-refractivity contribution in [3.63, 3.8) is 0 Å². The summed E-state index contributed by atoms with van der Waals surface area (Å²) in [5.74, 6) is 0.768. The first-order valence-electron chi connectivity index (χ1n) is 7.86. The van der Waals surface area contributed by atoms with Gasteiger partial charge in [0.25, 0.3) is 0 Å². The fraction of sp³-hybridized carbons (Fsp3) is 0.500. The van der Waals surface area contributed by atoms with Gasteiger partial charge in [-0.2, -0.15) is 9.94 Å². The summed E-state index contributed by atoms with van der Waals surface area (Å²) in [6.45, 7) is 0.683. The maximum atomic E-state index is 9.12. The second-order valence-corrected chi connectivity index (χ2v) is 6.40. The molecule has 0 radical (unpaired) electrons. The largest absolute Gasteiger partial charge is 0.296 e. The van der Waals surface area contributed by atoms with Crippen LogP contribution in [-0.4, -0.2) is 38.2 Å². The second kappa shape index (κ2) is 7.07. The zero-order valence-electron chi connectivity index (χ0n) is 13.1. The van der Waals surface area contributed by atoms with Gasteiger partial charge >= 0.3 is 0 Å². The normalized spacial score (nSPS) is 15.7. The third-order valence-corrected chi connectivity index (χ3v) is 4.77. The van der Waals surface area contributed by atoms with Crippen LogP contribution in [0.5, 0.6) is 0 Å². The van der Waals surface area contributed by atoms with Crippen LogP contribution in [0.3, 0.4) is 0 Å². The summed E-state index contributed by atoms with van der Waals surface area (Å²) in [4.78, 5) is 2.32. The number of benzene rings is 1. The van der Waals surface area contributed by atoms with E-state index in [-0.39, 0.29) is 0 Å². The summed E-state index contributed by atoms with van der Waals surface area (Å²) in [5.41, 5.74) is 1.18. The fourth-order valence-corrected chi connectivity index (χ4v) is 3.27. The molecular weight excluding hydrogens is 312 g/mol. The minimum atomic E-state index is 0.422. The fourth-order valence-electron chi connectivity index (χ4n) is 3.11. The van der Waals surface area contributed by atoms with Crippen LogP contribution in [-0.2, 0) is 6.54 Å². The molecule has 1 heterocycles. The van der Waals surface area contributed by atoms with E-state index in [2.05, 4.69) is 33.5 Å². The van der Waals surface area contributed by atoms with Gasteiger partial charge in [-0.05, 0) is 48.5 Å². The van der Waals surface area contributed by atoms with Crippen LogP contribution in [0.1, 0.15) is 43.5 Å². The minimum absolute atomic E-state index is 0.422. The van der Waals surface area contributed by atoms with E-state index < -0.39 is 0 Å². The molecule has 0 unspecified atom stereocenters. The predicted molar refractivity (Wildman–Crippen MR) is 87.2 cm³/mol.